The van der Waals surface area contributed by atoms with E-state index in [0.717, 1.165) is 0 Å². The van der Waals surface area contributed by atoms with Crippen LogP contribution in [0.3, 0.4) is 0 Å². The molecular weight excluding hydrogens is 270 g/mol. The second-order valence-corrected chi connectivity index (χ2v) is 4.85. The average molecular weight is 285 g/mol. The molecule has 0 radical (unpaired) electrons. The largest absolute Gasteiger partial charge is 0.326 e. The van der Waals surface area contributed by atoms with Crippen molar-refractivity contribution in [1.29, 1.82) is 5.26 Å². The average Bonchev–Trinajstić information content (AvgIpc) is 2.93. The van der Waals surface area contributed by atoms with Crippen LogP contribution in [0.25, 0.3) is 0 Å². The van der Waals surface area contributed by atoms with Crippen molar-refractivity contribution in [2.75, 3.05) is 11.9 Å². The predicted octanol–water partition coefficient (Wildman–Crippen LogP) is 0.955. The Labute approximate surface area is 122 Å². The van der Waals surface area contributed by atoms with E-state index in [2.05, 4.69) is 5.32 Å². The zero-order valence-corrected chi connectivity index (χ0v) is 11.4. The Morgan fingerprint density at radius 3 is 2.71 bits per heavy atom. The first kappa shape index (κ1) is 14.7. The molecule has 0 bridgehead atoms. The van der Waals surface area contributed by atoms with Gasteiger partial charge < -0.3 is 15.0 Å². The number of hydrogen-bond acceptors (Lipinski definition) is 4. The minimum atomic E-state index is -0.649. The van der Waals surface area contributed by atoms with Crippen molar-refractivity contribution < 1.29 is 14.4 Å². The van der Waals surface area contributed by atoms with Crippen LogP contribution in [0.1, 0.15) is 12.8 Å². The molecule has 6 heteroatoms. The zero-order chi connectivity index (χ0) is 15.2. The topological polar surface area (TPSA) is 90.3 Å². The summed E-state index contributed by atoms with van der Waals surface area (Å²) < 4.78 is 0. The number of para-hydroxylation sites is 1. The normalized spacial score (nSPS) is 20.6. The molecule has 108 valence electrons. The molecule has 0 aromatic heterocycles. The molecule has 1 aliphatic rings. The first-order valence-electron chi connectivity index (χ1n) is 6.64. The van der Waals surface area contributed by atoms with Crippen LogP contribution in [0.4, 0.5) is 5.69 Å². The number of carbonyl (C=O) groups excluding carboxylic acids is 3. The summed E-state index contributed by atoms with van der Waals surface area (Å²) in [4.78, 5) is 35.7. The Morgan fingerprint density at radius 2 is 2.10 bits per heavy atom. The van der Waals surface area contributed by atoms with Crippen LogP contribution in [0, 0.1) is 17.2 Å². The molecule has 1 aliphatic heterocycles. The highest BCUT2D eigenvalue weighted by molar-refractivity contribution is 5.94. The Kier molecular flexibility index (Phi) is 4.67. The number of nitriles is 1. The molecule has 1 heterocycles. The number of anilines is 1. The van der Waals surface area contributed by atoms with E-state index in [9.17, 15) is 14.4 Å². The van der Waals surface area contributed by atoms with E-state index >= 15 is 0 Å². The molecule has 0 aliphatic carbocycles. The number of aldehydes is 1. The van der Waals surface area contributed by atoms with Crippen molar-refractivity contribution in [1.82, 2.24) is 4.90 Å². The summed E-state index contributed by atoms with van der Waals surface area (Å²) in [5.41, 5.74) is 0.675. The molecule has 1 aromatic carbocycles. The molecule has 1 N–H and O–H groups in total. The first-order valence-corrected chi connectivity index (χ1v) is 6.64. The van der Waals surface area contributed by atoms with Crippen LogP contribution >= 0.6 is 0 Å². The van der Waals surface area contributed by atoms with Gasteiger partial charge in [-0.2, -0.15) is 5.26 Å². The minimum Gasteiger partial charge on any atom is -0.326 e. The van der Waals surface area contributed by atoms with Crippen LogP contribution < -0.4 is 5.32 Å². The molecule has 2 atom stereocenters. The van der Waals surface area contributed by atoms with E-state index in [1.54, 1.807) is 12.1 Å². The van der Waals surface area contributed by atoms with E-state index in [4.69, 9.17) is 5.26 Å². The number of likely N-dealkylation sites (tertiary alicyclic amines) is 1. The van der Waals surface area contributed by atoms with Crippen molar-refractivity contribution in [2.24, 2.45) is 5.92 Å². The molecule has 2 unspecified atom stereocenters. The van der Waals surface area contributed by atoms with Crippen molar-refractivity contribution in [2.45, 2.75) is 18.9 Å². The van der Waals surface area contributed by atoms with Gasteiger partial charge in [0.2, 0.25) is 11.8 Å². The summed E-state index contributed by atoms with van der Waals surface area (Å²) in [5, 5.41) is 11.8. The number of nitrogens with zero attached hydrogens (tertiary/aromatic N) is 2. The zero-order valence-electron chi connectivity index (χ0n) is 11.4. The number of rotatable bonds is 4. The van der Waals surface area contributed by atoms with Gasteiger partial charge in [-0.3, -0.25) is 9.59 Å². The summed E-state index contributed by atoms with van der Waals surface area (Å²) in [5.74, 6) is -1.07. The van der Waals surface area contributed by atoms with Crippen LogP contribution in [0.2, 0.25) is 0 Å². The third kappa shape index (κ3) is 3.45. The highest BCUT2D eigenvalue weighted by Crippen LogP contribution is 2.24. The fourth-order valence-electron chi connectivity index (χ4n) is 2.38. The summed E-state index contributed by atoms with van der Waals surface area (Å²) in [6, 6.07) is 10.4. The molecule has 6 nitrogen and oxygen atoms in total. The van der Waals surface area contributed by atoms with Gasteiger partial charge in [-0.1, -0.05) is 18.2 Å². The van der Waals surface area contributed by atoms with E-state index < -0.39 is 17.9 Å². The van der Waals surface area contributed by atoms with Crippen molar-refractivity contribution in [3.63, 3.8) is 0 Å². The highest BCUT2D eigenvalue weighted by Gasteiger charge is 2.38. The van der Waals surface area contributed by atoms with E-state index in [-0.39, 0.29) is 18.9 Å². The molecule has 1 saturated heterocycles. The number of hydrogen-bond donors (Lipinski definition) is 1. The molecule has 21 heavy (non-hydrogen) atoms. The smallest absolute Gasteiger partial charge is 0.230 e. The Bertz CT molecular complexity index is 580. The maximum Gasteiger partial charge on any atom is 0.230 e. The summed E-state index contributed by atoms with van der Waals surface area (Å²) in [7, 11) is 0. The Morgan fingerprint density at radius 1 is 1.38 bits per heavy atom. The molecule has 0 saturated carbocycles. The number of amides is 2. The summed E-state index contributed by atoms with van der Waals surface area (Å²) >= 11 is 0. The maximum atomic E-state index is 12.2. The second kappa shape index (κ2) is 6.66. The fraction of sp³-hybridized carbons (Fsp3) is 0.333. The van der Waals surface area contributed by atoms with Gasteiger partial charge in [0.25, 0.3) is 0 Å². The molecule has 1 aromatic rings. The van der Waals surface area contributed by atoms with Crippen molar-refractivity contribution in [3.8, 4) is 6.07 Å². The molecule has 2 rings (SSSR count). The third-order valence-electron chi connectivity index (χ3n) is 3.44. The lowest BCUT2D eigenvalue weighted by Gasteiger charge is -2.18. The lowest BCUT2D eigenvalue weighted by Crippen LogP contribution is -2.35. The van der Waals surface area contributed by atoms with Gasteiger partial charge in [-0.25, -0.2) is 0 Å². The van der Waals surface area contributed by atoms with Crippen LogP contribution in [-0.4, -0.2) is 35.6 Å². The standard InChI is InChI=1S/C15H15N3O3/c16-9-13-8-11(10-18(13)14(20)6-7-19)15(21)17-12-4-2-1-3-5-12/h1-5,7,11,13H,6,8,10H2,(H,17,21). The van der Waals surface area contributed by atoms with Gasteiger partial charge in [0.05, 0.1) is 18.4 Å². The van der Waals surface area contributed by atoms with Gasteiger partial charge in [0, 0.05) is 12.2 Å². The van der Waals surface area contributed by atoms with Gasteiger partial charge >= 0.3 is 0 Å². The van der Waals surface area contributed by atoms with E-state index in [1.807, 2.05) is 24.3 Å². The van der Waals surface area contributed by atoms with Crippen LogP contribution in [0.5, 0.6) is 0 Å². The molecule has 1 fully saturated rings. The predicted molar refractivity (Wildman–Crippen MR) is 75.0 cm³/mol. The quantitative estimate of drug-likeness (QED) is 0.659. The minimum absolute atomic E-state index is 0.170. The summed E-state index contributed by atoms with van der Waals surface area (Å²) in [6.45, 7) is 0.170. The van der Waals surface area contributed by atoms with E-state index in [0.29, 0.717) is 18.4 Å². The molecule has 0 spiro atoms. The van der Waals surface area contributed by atoms with Crippen LogP contribution in [-0.2, 0) is 14.4 Å². The van der Waals surface area contributed by atoms with Crippen molar-refractivity contribution >= 4 is 23.8 Å². The van der Waals surface area contributed by atoms with Crippen LogP contribution in [0.15, 0.2) is 30.3 Å². The third-order valence-corrected chi connectivity index (χ3v) is 3.44. The highest BCUT2D eigenvalue weighted by atomic mass is 16.2. The monoisotopic (exact) mass is 285 g/mol. The van der Waals surface area contributed by atoms with Gasteiger partial charge in [-0.05, 0) is 18.6 Å². The Balaban J connectivity index is 2.02. The SMILES string of the molecule is N#CC1CC(C(=O)Nc2ccccc2)CN1C(=O)CC=O. The number of carbonyl (C=O) groups is 3. The molecule has 2 amide bonds. The lowest BCUT2D eigenvalue weighted by molar-refractivity contribution is -0.133. The fourth-order valence-corrected chi connectivity index (χ4v) is 2.38. The van der Waals surface area contributed by atoms with Crippen molar-refractivity contribution in [3.05, 3.63) is 30.3 Å². The second-order valence-electron chi connectivity index (χ2n) is 4.85. The number of benzene rings is 1. The first-order chi connectivity index (χ1) is 10.2. The van der Waals surface area contributed by atoms with Gasteiger partial charge in [0.1, 0.15) is 12.3 Å². The Hall–Kier alpha value is -2.68. The van der Waals surface area contributed by atoms with Gasteiger partial charge in [-0.15, -0.1) is 0 Å². The van der Waals surface area contributed by atoms with Gasteiger partial charge in [0.15, 0.2) is 0 Å². The van der Waals surface area contributed by atoms with E-state index in [1.165, 1.54) is 4.90 Å². The molecular formula is C15H15N3O3. The number of nitrogens with one attached hydrogen (secondary N) is 1. The summed E-state index contributed by atoms with van der Waals surface area (Å²) in [6.07, 6.45) is 0.541. The lowest BCUT2D eigenvalue weighted by atomic mass is 10.1. The maximum absolute atomic E-state index is 12.2.